The number of nitrogens with one attached hydrogen (secondary N) is 1. The summed E-state index contributed by atoms with van der Waals surface area (Å²) in [4.78, 5) is 11.4. The van der Waals surface area contributed by atoms with E-state index in [2.05, 4.69) is 47.8 Å². The number of para-hydroxylation sites is 2. The van der Waals surface area contributed by atoms with E-state index in [-0.39, 0.29) is 28.5 Å². The molecule has 0 aromatic heterocycles. The van der Waals surface area contributed by atoms with Gasteiger partial charge in [0.2, 0.25) is 0 Å². The Morgan fingerprint density at radius 1 is 0.893 bits per heavy atom. The molecule has 4 heteroatoms. The van der Waals surface area contributed by atoms with Crippen LogP contribution < -0.4 is 5.32 Å². The Balaban J connectivity index is 1.68. The molecule has 1 aliphatic carbocycles. The van der Waals surface area contributed by atoms with Gasteiger partial charge in [-0.15, -0.1) is 0 Å². The molecule has 5 rings (SSSR count). The van der Waals surface area contributed by atoms with Crippen molar-refractivity contribution < 1.29 is 4.92 Å². The normalized spacial score (nSPS) is 22.2. The second-order valence-electron chi connectivity index (χ2n) is 7.43. The van der Waals surface area contributed by atoms with Crippen molar-refractivity contribution in [2.24, 2.45) is 5.92 Å². The van der Waals surface area contributed by atoms with Crippen LogP contribution in [0.2, 0.25) is 0 Å². The van der Waals surface area contributed by atoms with E-state index in [4.69, 9.17) is 0 Å². The van der Waals surface area contributed by atoms with Crippen molar-refractivity contribution in [3.05, 3.63) is 106 Å². The summed E-state index contributed by atoms with van der Waals surface area (Å²) in [6, 6.07) is 23.7. The molecular formula is C24H20N2O2. The summed E-state index contributed by atoms with van der Waals surface area (Å²) in [5.41, 5.74) is 5.60. The fourth-order valence-corrected chi connectivity index (χ4v) is 4.70. The van der Waals surface area contributed by atoms with Gasteiger partial charge in [-0.05, 0) is 23.5 Å². The molecule has 0 radical (unpaired) electrons. The number of nitro groups is 1. The third-order valence-electron chi connectivity index (χ3n) is 5.95. The zero-order valence-electron chi connectivity index (χ0n) is 15.3. The molecule has 1 heterocycles. The van der Waals surface area contributed by atoms with Crippen molar-refractivity contribution in [3.8, 4) is 11.1 Å². The van der Waals surface area contributed by atoms with E-state index in [1.807, 2.05) is 30.3 Å². The standard InChI is InChI=1S/C24H20N2O2/c27-26(28)22-15-5-4-10-21(22)24-20-14-7-12-18(20)19-13-6-11-17(23(19)25-24)16-8-2-1-3-9-16/h1-13,15,18,20,24-25H,14H2/t18-,20-,24+/m1/s1. The minimum Gasteiger partial charge on any atom is -0.377 e. The van der Waals surface area contributed by atoms with Crippen LogP contribution in [-0.4, -0.2) is 4.92 Å². The van der Waals surface area contributed by atoms with Gasteiger partial charge in [0.25, 0.3) is 5.69 Å². The number of rotatable bonds is 3. The minimum absolute atomic E-state index is 0.0982. The van der Waals surface area contributed by atoms with Crippen molar-refractivity contribution in [2.45, 2.75) is 18.4 Å². The molecule has 4 nitrogen and oxygen atoms in total. The van der Waals surface area contributed by atoms with Crippen LogP contribution in [0.4, 0.5) is 11.4 Å². The topological polar surface area (TPSA) is 55.2 Å². The molecule has 3 aromatic carbocycles. The van der Waals surface area contributed by atoms with Gasteiger partial charge in [-0.25, -0.2) is 0 Å². The first-order valence-electron chi connectivity index (χ1n) is 9.59. The van der Waals surface area contributed by atoms with Crippen LogP contribution in [0.25, 0.3) is 11.1 Å². The van der Waals surface area contributed by atoms with Crippen LogP contribution in [-0.2, 0) is 0 Å². The van der Waals surface area contributed by atoms with Gasteiger partial charge in [-0.2, -0.15) is 0 Å². The fourth-order valence-electron chi connectivity index (χ4n) is 4.70. The molecule has 0 amide bonds. The van der Waals surface area contributed by atoms with Crippen molar-refractivity contribution in [2.75, 3.05) is 5.32 Å². The van der Waals surface area contributed by atoms with Gasteiger partial charge in [0.1, 0.15) is 0 Å². The zero-order chi connectivity index (χ0) is 19.1. The number of hydrogen-bond acceptors (Lipinski definition) is 3. The van der Waals surface area contributed by atoms with E-state index < -0.39 is 0 Å². The van der Waals surface area contributed by atoms with E-state index >= 15 is 0 Å². The highest BCUT2D eigenvalue weighted by molar-refractivity contribution is 5.82. The van der Waals surface area contributed by atoms with Crippen molar-refractivity contribution in [1.29, 1.82) is 0 Å². The third kappa shape index (κ3) is 2.61. The van der Waals surface area contributed by atoms with Crippen LogP contribution in [0.1, 0.15) is 29.5 Å². The molecule has 0 unspecified atom stereocenters. The maximum atomic E-state index is 11.7. The van der Waals surface area contributed by atoms with Crippen molar-refractivity contribution in [3.63, 3.8) is 0 Å². The first-order chi connectivity index (χ1) is 13.7. The third-order valence-corrected chi connectivity index (χ3v) is 5.95. The maximum Gasteiger partial charge on any atom is 0.274 e. The highest BCUT2D eigenvalue weighted by atomic mass is 16.6. The van der Waals surface area contributed by atoms with Gasteiger partial charge < -0.3 is 5.32 Å². The monoisotopic (exact) mass is 368 g/mol. The van der Waals surface area contributed by atoms with Gasteiger partial charge in [-0.1, -0.05) is 78.9 Å². The molecular weight excluding hydrogens is 348 g/mol. The highest BCUT2D eigenvalue weighted by Gasteiger charge is 2.40. The molecule has 28 heavy (non-hydrogen) atoms. The van der Waals surface area contributed by atoms with Crippen molar-refractivity contribution in [1.82, 2.24) is 0 Å². The molecule has 1 aliphatic heterocycles. The van der Waals surface area contributed by atoms with Gasteiger partial charge in [0.05, 0.1) is 16.5 Å². The summed E-state index contributed by atoms with van der Waals surface area (Å²) >= 11 is 0. The van der Waals surface area contributed by atoms with Crippen LogP contribution in [0.3, 0.4) is 0 Å². The molecule has 2 aliphatic rings. The van der Waals surface area contributed by atoms with Gasteiger partial charge in [0.15, 0.2) is 0 Å². The lowest BCUT2D eigenvalue weighted by atomic mass is 9.75. The molecule has 0 saturated heterocycles. The Labute approximate surface area is 163 Å². The summed E-state index contributed by atoms with van der Waals surface area (Å²) in [6.45, 7) is 0. The quantitative estimate of drug-likeness (QED) is 0.346. The summed E-state index contributed by atoms with van der Waals surface area (Å²) < 4.78 is 0. The summed E-state index contributed by atoms with van der Waals surface area (Å²) in [7, 11) is 0. The summed E-state index contributed by atoms with van der Waals surface area (Å²) in [6.07, 6.45) is 5.40. The number of hydrogen-bond donors (Lipinski definition) is 1. The average Bonchev–Trinajstić information content (AvgIpc) is 3.23. The first-order valence-corrected chi connectivity index (χ1v) is 9.59. The second-order valence-corrected chi connectivity index (χ2v) is 7.43. The molecule has 1 N–H and O–H groups in total. The lowest BCUT2D eigenvalue weighted by Gasteiger charge is -2.38. The van der Waals surface area contributed by atoms with E-state index in [1.165, 1.54) is 5.56 Å². The van der Waals surface area contributed by atoms with Crippen LogP contribution in [0, 0.1) is 16.0 Å². The van der Waals surface area contributed by atoms with Crippen LogP contribution in [0.5, 0.6) is 0 Å². The second kappa shape index (κ2) is 6.64. The minimum atomic E-state index is -0.271. The lowest BCUT2D eigenvalue weighted by Crippen LogP contribution is -2.30. The van der Waals surface area contributed by atoms with Crippen LogP contribution >= 0.6 is 0 Å². The number of allylic oxidation sites excluding steroid dienone is 2. The van der Waals surface area contributed by atoms with E-state index in [0.717, 1.165) is 28.8 Å². The molecule has 0 saturated carbocycles. The zero-order valence-corrected chi connectivity index (χ0v) is 15.3. The molecule has 0 bridgehead atoms. The maximum absolute atomic E-state index is 11.7. The highest BCUT2D eigenvalue weighted by Crippen LogP contribution is 2.53. The first kappa shape index (κ1) is 16.8. The Morgan fingerprint density at radius 3 is 2.46 bits per heavy atom. The Kier molecular flexibility index (Phi) is 3.97. The number of benzene rings is 3. The smallest absolute Gasteiger partial charge is 0.274 e. The van der Waals surface area contributed by atoms with E-state index in [0.29, 0.717) is 0 Å². The molecule has 0 spiro atoms. The summed E-state index contributed by atoms with van der Waals surface area (Å²) in [5, 5.41) is 15.4. The van der Waals surface area contributed by atoms with Gasteiger partial charge in [-0.3, -0.25) is 10.1 Å². The molecule has 3 atom stereocenters. The predicted octanol–water partition coefficient (Wildman–Crippen LogP) is 6.09. The van der Waals surface area contributed by atoms with Gasteiger partial charge in [0, 0.05) is 23.2 Å². The van der Waals surface area contributed by atoms with Crippen molar-refractivity contribution >= 4 is 11.4 Å². The van der Waals surface area contributed by atoms with E-state index in [1.54, 1.807) is 12.1 Å². The lowest BCUT2D eigenvalue weighted by molar-refractivity contribution is -0.385. The predicted molar refractivity (Wildman–Crippen MR) is 111 cm³/mol. The largest absolute Gasteiger partial charge is 0.377 e. The Hall–Kier alpha value is -3.40. The van der Waals surface area contributed by atoms with Crippen LogP contribution in [0.15, 0.2) is 84.9 Å². The molecule has 0 fully saturated rings. The number of fused-ring (bicyclic) bond motifs is 3. The molecule has 3 aromatic rings. The fraction of sp³-hybridized carbons (Fsp3) is 0.167. The number of nitro benzene ring substituents is 1. The molecule has 138 valence electrons. The Morgan fingerprint density at radius 2 is 1.64 bits per heavy atom. The number of anilines is 1. The van der Waals surface area contributed by atoms with Gasteiger partial charge >= 0.3 is 0 Å². The van der Waals surface area contributed by atoms with E-state index in [9.17, 15) is 10.1 Å². The SMILES string of the molecule is O=[N+]([O-])c1ccccc1[C@H]1Nc2c(-c3ccccc3)cccc2[C@H]2C=CC[C@H]21. The average molecular weight is 368 g/mol. The summed E-state index contributed by atoms with van der Waals surface area (Å²) in [5.74, 6) is 0.546. The number of nitrogens with zero attached hydrogens (tertiary/aromatic N) is 1. The Bertz CT molecular complexity index is 1070.